The number of hydrogen-bond donors (Lipinski definition) is 1. The van der Waals surface area contributed by atoms with Crippen molar-refractivity contribution in [2.24, 2.45) is 11.7 Å². The van der Waals surface area contributed by atoms with E-state index in [0.717, 1.165) is 0 Å². The molecule has 0 heterocycles. The first-order valence-corrected chi connectivity index (χ1v) is 6.50. The molecule has 0 radical (unpaired) electrons. The minimum atomic E-state index is -1.19. The summed E-state index contributed by atoms with van der Waals surface area (Å²) < 4.78 is 13.7. The lowest BCUT2D eigenvalue weighted by Gasteiger charge is -2.27. The highest BCUT2D eigenvalue weighted by atomic mass is 35.5. The summed E-state index contributed by atoms with van der Waals surface area (Å²) in [6, 6.07) is 5.83. The molecule has 2 atom stereocenters. The van der Waals surface area contributed by atoms with Crippen molar-refractivity contribution in [1.29, 1.82) is 0 Å². The van der Waals surface area contributed by atoms with Crippen molar-refractivity contribution < 1.29 is 9.18 Å². The Morgan fingerprint density at radius 1 is 1.40 bits per heavy atom. The van der Waals surface area contributed by atoms with Gasteiger partial charge in [-0.1, -0.05) is 59.9 Å². The van der Waals surface area contributed by atoms with E-state index in [-0.39, 0.29) is 12.1 Å². The molecule has 4 heteroatoms. The smallest absolute Gasteiger partial charge is 0.175 e. The fourth-order valence-corrected chi connectivity index (χ4v) is 2.34. The maximum absolute atomic E-state index is 13.7. The van der Waals surface area contributed by atoms with Gasteiger partial charge in [-0.15, -0.1) is 0 Å². The molecule has 1 aromatic rings. The van der Waals surface area contributed by atoms with E-state index < -0.39 is 22.4 Å². The SMILES string of the molecule is NCC#CC1(Cl)C=CC=CC1C(=O)c1ccccc1F. The first kappa shape index (κ1) is 14.5. The molecule has 0 aromatic heterocycles. The highest BCUT2D eigenvalue weighted by Crippen LogP contribution is 2.34. The van der Waals surface area contributed by atoms with E-state index in [9.17, 15) is 9.18 Å². The minimum Gasteiger partial charge on any atom is -0.320 e. The topological polar surface area (TPSA) is 43.1 Å². The second-order valence-corrected chi connectivity index (χ2v) is 4.97. The predicted molar refractivity (Wildman–Crippen MR) is 77.9 cm³/mol. The van der Waals surface area contributed by atoms with Crippen LogP contribution in [0.1, 0.15) is 10.4 Å². The van der Waals surface area contributed by atoms with Crippen LogP contribution in [0.15, 0.2) is 48.6 Å². The van der Waals surface area contributed by atoms with Gasteiger partial charge in [0.1, 0.15) is 10.7 Å². The van der Waals surface area contributed by atoms with Crippen LogP contribution in [0.25, 0.3) is 0 Å². The lowest BCUT2D eigenvalue weighted by molar-refractivity contribution is 0.0934. The van der Waals surface area contributed by atoms with Crippen LogP contribution in [0, 0.1) is 23.6 Å². The molecule has 2 nitrogen and oxygen atoms in total. The molecule has 0 bridgehead atoms. The third kappa shape index (κ3) is 2.82. The number of alkyl halides is 1. The summed E-state index contributed by atoms with van der Waals surface area (Å²) in [5, 5.41) is 0. The van der Waals surface area contributed by atoms with E-state index >= 15 is 0 Å². The van der Waals surface area contributed by atoms with Crippen LogP contribution in [-0.2, 0) is 0 Å². The van der Waals surface area contributed by atoms with E-state index in [1.54, 1.807) is 30.4 Å². The third-order valence-corrected chi connectivity index (χ3v) is 3.47. The largest absolute Gasteiger partial charge is 0.320 e. The van der Waals surface area contributed by atoms with E-state index in [1.807, 2.05) is 0 Å². The quantitative estimate of drug-likeness (QED) is 0.517. The Hall–Kier alpha value is -1.89. The first-order chi connectivity index (χ1) is 9.58. The molecule has 2 N–H and O–H groups in total. The molecule has 0 saturated heterocycles. The second-order valence-electron chi connectivity index (χ2n) is 4.34. The molecule has 0 spiro atoms. The average molecular weight is 290 g/mol. The summed E-state index contributed by atoms with van der Waals surface area (Å²) in [5.74, 6) is 3.74. The maximum Gasteiger partial charge on any atom is 0.175 e. The molecule has 1 aliphatic rings. The van der Waals surface area contributed by atoms with Gasteiger partial charge >= 0.3 is 0 Å². The zero-order valence-corrected chi connectivity index (χ0v) is 11.4. The lowest BCUT2D eigenvalue weighted by Crippen LogP contribution is -2.35. The van der Waals surface area contributed by atoms with Gasteiger partial charge in [-0.05, 0) is 12.1 Å². The van der Waals surface area contributed by atoms with Crippen molar-refractivity contribution >= 4 is 17.4 Å². The van der Waals surface area contributed by atoms with Gasteiger partial charge in [0.2, 0.25) is 0 Å². The summed E-state index contributed by atoms with van der Waals surface area (Å²) in [6.07, 6.45) is 6.67. The van der Waals surface area contributed by atoms with Gasteiger partial charge in [-0.2, -0.15) is 0 Å². The standard InChI is InChI=1S/C16H13ClFNO/c17-16(10-5-11-19)9-4-3-7-13(16)15(20)12-6-1-2-8-14(12)18/h1-4,6-9,13H,11,19H2. The number of ketones is 1. The van der Waals surface area contributed by atoms with Crippen LogP contribution < -0.4 is 5.73 Å². The van der Waals surface area contributed by atoms with Gasteiger partial charge in [0, 0.05) is 0 Å². The average Bonchev–Trinajstić information content (AvgIpc) is 2.45. The van der Waals surface area contributed by atoms with Crippen LogP contribution in [0.3, 0.4) is 0 Å². The van der Waals surface area contributed by atoms with E-state index in [2.05, 4.69) is 11.8 Å². The van der Waals surface area contributed by atoms with Crippen molar-refractivity contribution in [3.05, 3.63) is 60.0 Å². The van der Waals surface area contributed by atoms with Gasteiger partial charge < -0.3 is 5.73 Å². The normalized spacial score (nSPS) is 24.1. The molecule has 0 saturated carbocycles. The summed E-state index contributed by atoms with van der Waals surface area (Å²) in [4.78, 5) is 11.3. The van der Waals surface area contributed by atoms with Crippen molar-refractivity contribution in [2.45, 2.75) is 4.87 Å². The number of rotatable bonds is 2. The van der Waals surface area contributed by atoms with Crippen molar-refractivity contribution in [2.75, 3.05) is 6.54 Å². The number of hydrogen-bond acceptors (Lipinski definition) is 2. The van der Waals surface area contributed by atoms with Crippen LogP contribution in [0.4, 0.5) is 4.39 Å². The molecule has 1 aliphatic carbocycles. The zero-order valence-electron chi connectivity index (χ0n) is 10.6. The van der Waals surface area contributed by atoms with E-state index in [1.165, 1.54) is 18.2 Å². The highest BCUT2D eigenvalue weighted by molar-refractivity contribution is 6.30. The second kappa shape index (κ2) is 6.04. The number of benzene rings is 1. The Morgan fingerprint density at radius 2 is 2.15 bits per heavy atom. The summed E-state index contributed by atoms with van der Waals surface area (Å²) >= 11 is 6.41. The molecule has 1 aromatic carbocycles. The van der Waals surface area contributed by atoms with Crippen LogP contribution in [-0.4, -0.2) is 17.2 Å². The monoisotopic (exact) mass is 289 g/mol. The molecule has 20 heavy (non-hydrogen) atoms. The fraction of sp³-hybridized carbons (Fsp3) is 0.188. The molecule has 2 unspecified atom stereocenters. The van der Waals surface area contributed by atoms with Gasteiger partial charge in [0.25, 0.3) is 0 Å². The maximum atomic E-state index is 13.7. The molecule has 0 fully saturated rings. The molecule has 0 aliphatic heterocycles. The molecule has 102 valence electrons. The Kier molecular flexibility index (Phi) is 4.39. The fourth-order valence-electron chi connectivity index (χ4n) is 2.03. The van der Waals surface area contributed by atoms with Crippen LogP contribution >= 0.6 is 11.6 Å². The van der Waals surface area contributed by atoms with Crippen LogP contribution in [0.5, 0.6) is 0 Å². The van der Waals surface area contributed by atoms with Crippen molar-refractivity contribution in [3.63, 3.8) is 0 Å². The third-order valence-electron chi connectivity index (χ3n) is 3.01. The Bertz CT molecular complexity index is 641. The number of nitrogens with two attached hydrogens (primary N) is 1. The number of Topliss-reactive ketones (excluding diaryl/α,β-unsaturated/α-hetero) is 1. The molecular formula is C16H13ClFNO. The predicted octanol–water partition coefficient (Wildman–Crippen LogP) is 2.69. The number of allylic oxidation sites excluding steroid dienone is 4. The van der Waals surface area contributed by atoms with Gasteiger partial charge in [0.15, 0.2) is 5.78 Å². The van der Waals surface area contributed by atoms with Gasteiger partial charge in [-0.3, -0.25) is 4.79 Å². The lowest BCUT2D eigenvalue weighted by atomic mass is 9.82. The molecule has 2 rings (SSSR count). The van der Waals surface area contributed by atoms with Crippen molar-refractivity contribution in [3.8, 4) is 11.8 Å². The summed E-state index contributed by atoms with van der Waals surface area (Å²) in [5.41, 5.74) is 5.35. The summed E-state index contributed by atoms with van der Waals surface area (Å²) in [6.45, 7) is 0.145. The Labute approximate surface area is 122 Å². The number of halogens is 2. The van der Waals surface area contributed by atoms with Crippen LogP contribution in [0.2, 0.25) is 0 Å². The molecular weight excluding hydrogens is 277 g/mol. The zero-order chi connectivity index (χ0) is 14.6. The van der Waals surface area contributed by atoms with Crippen molar-refractivity contribution in [1.82, 2.24) is 0 Å². The summed E-state index contributed by atoms with van der Waals surface area (Å²) in [7, 11) is 0. The molecule has 0 amide bonds. The van der Waals surface area contributed by atoms with Gasteiger partial charge in [0.05, 0.1) is 18.0 Å². The number of carbonyl (C=O) groups excluding carboxylic acids is 1. The van der Waals surface area contributed by atoms with E-state index in [4.69, 9.17) is 17.3 Å². The van der Waals surface area contributed by atoms with E-state index in [0.29, 0.717) is 0 Å². The Morgan fingerprint density at radius 3 is 2.85 bits per heavy atom. The first-order valence-electron chi connectivity index (χ1n) is 6.12. The Balaban J connectivity index is 2.40. The minimum absolute atomic E-state index is 0.0111. The number of carbonyl (C=O) groups is 1. The highest BCUT2D eigenvalue weighted by Gasteiger charge is 2.38. The van der Waals surface area contributed by atoms with Gasteiger partial charge in [-0.25, -0.2) is 4.39 Å².